The average molecular weight is 556 g/mol. The smallest absolute Gasteiger partial charge is 0.290 e. The first kappa shape index (κ1) is 31.3. The summed E-state index contributed by atoms with van der Waals surface area (Å²) in [6.45, 7) is 15.1. The Balaban J connectivity index is 1.62. The summed E-state index contributed by atoms with van der Waals surface area (Å²) in [6, 6.07) is 5.58. The first-order valence-corrected chi connectivity index (χ1v) is 14.2. The molecule has 4 atom stereocenters. The number of benzene rings is 1. The third-order valence-corrected chi connectivity index (χ3v) is 8.10. The Labute approximate surface area is 237 Å². The average Bonchev–Trinajstić information content (AvgIpc) is 2.89. The number of piperidine rings is 3. The van der Waals surface area contributed by atoms with Gasteiger partial charge >= 0.3 is 0 Å². The van der Waals surface area contributed by atoms with E-state index in [0.717, 1.165) is 25.9 Å². The maximum absolute atomic E-state index is 13.2. The summed E-state index contributed by atoms with van der Waals surface area (Å²) in [6.07, 6.45) is 1.96. The summed E-state index contributed by atoms with van der Waals surface area (Å²) >= 11 is 0. The molecule has 4 unspecified atom stereocenters. The minimum Gasteiger partial charge on any atom is -0.344 e. The van der Waals surface area contributed by atoms with E-state index >= 15 is 0 Å². The van der Waals surface area contributed by atoms with Crippen molar-refractivity contribution in [2.75, 3.05) is 19.6 Å². The molecule has 0 aliphatic carbocycles. The van der Waals surface area contributed by atoms with Crippen molar-refractivity contribution in [1.82, 2.24) is 26.2 Å². The Morgan fingerprint density at radius 3 is 2.00 bits per heavy atom. The number of Topliss-reactive ketones (excluding diaryl/α,β-unsaturated/α-hetero) is 1. The lowest BCUT2D eigenvalue weighted by Gasteiger charge is -2.51. The molecular formula is C30H45N5O5. The van der Waals surface area contributed by atoms with E-state index in [9.17, 15) is 24.0 Å². The van der Waals surface area contributed by atoms with Crippen LogP contribution < -0.4 is 21.3 Å². The Bertz CT molecular complexity index is 1110. The molecule has 10 nitrogen and oxygen atoms in total. The van der Waals surface area contributed by atoms with Crippen LogP contribution >= 0.6 is 0 Å². The van der Waals surface area contributed by atoms with Gasteiger partial charge in [0.05, 0.1) is 11.6 Å². The van der Waals surface area contributed by atoms with E-state index in [4.69, 9.17) is 0 Å². The second-order valence-corrected chi connectivity index (χ2v) is 12.9. The van der Waals surface area contributed by atoms with Crippen molar-refractivity contribution >= 4 is 29.4 Å². The van der Waals surface area contributed by atoms with E-state index in [1.807, 2.05) is 27.7 Å². The maximum Gasteiger partial charge on any atom is 0.290 e. The lowest BCUT2D eigenvalue weighted by Crippen LogP contribution is -2.67. The molecule has 40 heavy (non-hydrogen) atoms. The quantitative estimate of drug-likeness (QED) is 0.324. The van der Waals surface area contributed by atoms with Crippen molar-refractivity contribution < 1.29 is 24.0 Å². The molecule has 3 saturated heterocycles. The Morgan fingerprint density at radius 1 is 0.900 bits per heavy atom. The van der Waals surface area contributed by atoms with Crippen LogP contribution in [-0.2, 0) is 19.2 Å². The molecule has 3 fully saturated rings. The van der Waals surface area contributed by atoms with Crippen molar-refractivity contribution in [1.29, 1.82) is 0 Å². The SMILES string of the molecule is CC(NC(=O)C(NC(=O)c1ccccc1)C(C)(C)C)C(=O)NC(C(=O)C(=O)NC1(C)CN2CCC1CC2)C(C)C. The van der Waals surface area contributed by atoms with Gasteiger partial charge in [-0.25, -0.2) is 0 Å². The second kappa shape index (κ2) is 12.5. The van der Waals surface area contributed by atoms with Gasteiger partial charge in [-0.15, -0.1) is 0 Å². The van der Waals surface area contributed by atoms with Crippen molar-refractivity contribution in [3.05, 3.63) is 35.9 Å². The monoisotopic (exact) mass is 555 g/mol. The summed E-state index contributed by atoms with van der Waals surface area (Å²) in [5.74, 6) is -2.97. The maximum atomic E-state index is 13.2. The molecule has 1 aromatic rings. The molecule has 2 bridgehead atoms. The topological polar surface area (TPSA) is 137 Å². The van der Waals surface area contributed by atoms with E-state index in [1.54, 1.807) is 44.2 Å². The summed E-state index contributed by atoms with van der Waals surface area (Å²) in [5, 5.41) is 11.1. The van der Waals surface area contributed by atoms with Crippen LogP contribution in [0.15, 0.2) is 30.3 Å². The van der Waals surface area contributed by atoms with Crippen LogP contribution in [0.1, 0.15) is 71.7 Å². The van der Waals surface area contributed by atoms with Gasteiger partial charge in [-0.3, -0.25) is 24.0 Å². The zero-order valence-electron chi connectivity index (χ0n) is 24.8. The number of carbonyl (C=O) groups excluding carboxylic acids is 5. The number of hydrogen-bond acceptors (Lipinski definition) is 6. The van der Waals surface area contributed by atoms with Gasteiger partial charge in [0.15, 0.2) is 0 Å². The number of hydrogen-bond donors (Lipinski definition) is 4. The van der Waals surface area contributed by atoms with Crippen LogP contribution in [-0.4, -0.2) is 77.6 Å². The molecule has 0 aromatic heterocycles. The summed E-state index contributed by atoms with van der Waals surface area (Å²) in [5.41, 5.74) is -0.717. The van der Waals surface area contributed by atoms with Crippen LogP contribution in [0.4, 0.5) is 0 Å². The van der Waals surface area contributed by atoms with Gasteiger partial charge in [0.2, 0.25) is 17.6 Å². The Kier molecular flexibility index (Phi) is 9.76. The molecule has 10 heteroatoms. The van der Waals surface area contributed by atoms with Gasteiger partial charge in [0.25, 0.3) is 11.8 Å². The predicted molar refractivity (Wildman–Crippen MR) is 152 cm³/mol. The lowest BCUT2D eigenvalue weighted by molar-refractivity contribution is -0.143. The zero-order chi connectivity index (χ0) is 29.8. The first-order valence-electron chi connectivity index (χ1n) is 14.2. The third kappa shape index (κ3) is 7.47. The predicted octanol–water partition coefficient (Wildman–Crippen LogP) is 1.65. The first-order chi connectivity index (χ1) is 18.6. The Hall–Kier alpha value is -3.27. The van der Waals surface area contributed by atoms with Crippen LogP contribution in [0.2, 0.25) is 0 Å². The molecule has 1 aromatic carbocycles. The third-order valence-electron chi connectivity index (χ3n) is 8.10. The van der Waals surface area contributed by atoms with E-state index in [-0.39, 0.29) is 5.92 Å². The number of fused-ring (bicyclic) bond motifs is 3. The van der Waals surface area contributed by atoms with Gasteiger partial charge in [-0.05, 0) is 69.2 Å². The minimum absolute atomic E-state index is 0.315. The minimum atomic E-state index is -1.05. The van der Waals surface area contributed by atoms with Gasteiger partial charge in [0.1, 0.15) is 12.1 Å². The van der Waals surface area contributed by atoms with E-state index < -0.39 is 58.5 Å². The van der Waals surface area contributed by atoms with E-state index in [2.05, 4.69) is 26.2 Å². The normalized spacial score (nSPS) is 24.4. The number of ketones is 1. The number of nitrogens with zero attached hydrogens (tertiary/aromatic N) is 1. The van der Waals surface area contributed by atoms with Crippen LogP contribution in [0.5, 0.6) is 0 Å². The van der Waals surface area contributed by atoms with Crippen LogP contribution in [0.3, 0.4) is 0 Å². The molecule has 3 aliphatic rings. The highest BCUT2D eigenvalue weighted by Crippen LogP contribution is 2.35. The number of nitrogens with one attached hydrogen (secondary N) is 4. The van der Waals surface area contributed by atoms with Gasteiger partial charge < -0.3 is 26.2 Å². The standard InChI is InChI=1S/C30H45N5O5/c1-18(2)22(23(36)27(39)34-30(7)17-35-15-13-21(30)14-16-35)32-25(37)19(3)31-28(40)24(29(4,5)6)33-26(38)20-11-9-8-10-12-20/h8-12,18-19,21-22,24H,13-17H2,1-7H3,(H,31,40)(H,32,37)(H,33,38)(H,34,39). The van der Waals surface area contributed by atoms with Gasteiger partial charge in [-0.1, -0.05) is 52.8 Å². The largest absolute Gasteiger partial charge is 0.344 e. The number of carbonyl (C=O) groups is 5. The summed E-state index contributed by atoms with van der Waals surface area (Å²) in [7, 11) is 0. The molecule has 0 saturated carbocycles. The fourth-order valence-corrected chi connectivity index (χ4v) is 5.58. The number of amides is 4. The Morgan fingerprint density at radius 2 is 1.50 bits per heavy atom. The van der Waals surface area contributed by atoms with Crippen molar-refractivity contribution in [2.24, 2.45) is 17.3 Å². The van der Waals surface area contributed by atoms with Crippen molar-refractivity contribution in [3.63, 3.8) is 0 Å². The molecular weight excluding hydrogens is 510 g/mol. The second-order valence-electron chi connectivity index (χ2n) is 12.9. The number of rotatable bonds is 10. The van der Waals surface area contributed by atoms with Gasteiger partial charge in [-0.2, -0.15) is 0 Å². The van der Waals surface area contributed by atoms with Crippen LogP contribution in [0.25, 0.3) is 0 Å². The fourth-order valence-electron chi connectivity index (χ4n) is 5.58. The van der Waals surface area contributed by atoms with Crippen LogP contribution in [0, 0.1) is 17.3 Å². The van der Waals surface area contributed by atoms with Gasteiger partial charge in [0, 0.05) is 12.1 Å². The molecule has 0 radical (unpaired) electrons. The molecule has 4 N–H and O–H groups in total. The lowest BCUT2D eigenvalue weighted by atomic mass is 9.74. The molecule has 3 aliphatic heterocycles. The van der Waals surface area contributed by atoms with Crippen molar-refractivity contribution in [3.8, 4) is 0 Å². The van der Waals surface area contributed by atoms with E-state index in [1.165, 1.54) is 6.92 Å². The molecule has 0 spiro atoms. The van der Waals surface area contributed by atoms with E-state index in [0.29, 0.717) is 18.0 Å². The highest BCUT2D eigenvalue weighted by Gasteiger charge is 2.45. The molecule has 4 rings (SSSR count). The zero-order valence-corrected chi connectivity index (χ0v) is 24.8. The summed E-state index contributed by atoms with van der Waals surface area (Å²) < 4.78 is 0. The molecule has 3 heterocycles. The highest BCUT2D eigenvalue weighted by atomic mass is 16.2. The molecule has 220 valence electrons. The van der Waals surface area contributed by atoms with Crippen molar-refractivity contribution in [2.45, 2.75) is 85.0 Å². The summed E-state index contributed by atoms with van der Waals surface area (Å²) in [4.78, 5) is 67.6. The molecule has 4 amide bonds. The fraction of sp³-hybridized carbons (Fsp3) is 0.633. The highest BCUT2D eigenvalue weighted by molar-refractivity contribution is 6.38.